The number of nitrogens with two attached hydrogens (primary N) is 1. The molecule has 3 aromatic rings. The number of hydrogen-bond donors (Lipinski definition) is 2. The molecule has 33 heavy (non-hydrogen) atoms. The number of fused-ring (bicyclic) bond motifs is 1. The van der Waals surface area contributed by atoms with E-state index in [-0.39, 0.29) is 12.5 Å². The van der Waals surface area contributed by atoms with Gasteiger partial charge in [-0.05, 0) is 35.4 Å². The summed E-state index contributed by atoms with van der Waals surface area (Å²) in [5.74, 6) is 1.39. The maximum atomic E-state index is 12.8. The van der Waals surface area contributed by atoms with Crippen LogP contribution < -0.4 is 20.1 Å². The lowest BCUT2D eigenvalue weighted by Gasteiger charge is -2.24. The van der Waals surface area contributed by atoms with Crippen molar-refractivity contribution in [2.45, 2.75) is 30.2 Å². The van der Waals surface area contributed by atoms with Crippen LogP contribution in [0.3, 0.4) is 0 Å². The van der Waals surface area contributed by atoms with Crippen molar-refractivity contribution in [3.8, 4) is 11.5 Å². The van der Waals surface area contributed by atoms with Crippen LogP contribution in [0.2, 0.25) is 0 Å². The normalized spacial score (nSPS) is 17.1. The van der Waals surface area contributed by atoms with E-state index in [1.54, 1.807) is 30.0 Å². The lowest BCUT2D eigenvalue weighted by molar-refractivity contribution is -0.117. The second-order valence-electron chi connectivity index (χ2n) is 7.44. The van der Waals surface area contributed by atoms with Gasteiger partial charge in [0, 0.05) is 35.7 Å². The van der Waals surface area contributed by atoms with Crippen molar-refractivity contribution in [2.24, 2.45) is 5.73 Å². The van der Waals surface area contributed by atoms with Gasteiger partial charge in [-0.3, -0.25) is 9.32 Å². The molecule has 0 aromatic heterocycles. The van der Waals surface area contributed by atoms with E-state index in [9.17, 15) is 9.36 Å². The number of nitrogens with one attached hydrogen (secondary N) is 1. The summed E-state index contributed by atoms with van der Waals surface area (Å²) in [5, 5.41) is 3.25. The summed E-state index contributed by atoms with van der Waals surface area (Å²) in [5.41, 5.74) is 8.28. The van der Waals surface area contributed by atoms with E-state index in [0.29, 0.717) is 31.0 Å². The third kappa shape index (κ3) is 6.62. The summed E-state index contributed by atoms with van der Waals surface area (Å²) in [6.07, 6.45) is 0.319. The lowest BCUT2D eigenvalue weighted by atomic mass is 10.2. The Balaban J connectivity index is 1.32. The van der Waals surface area contributed by atoms with Crippen LogP contribution in [0.25, 0.3) is 0 Å². The minimum Gasteiger partial charge on any atom is -0.395 e. The fraction of sp³-hybridized carbons (Fsp3) is 0.208. The molecule has 1 unspecified atom stereocenters. The molecule has 1 aliphatic heterocycles. The predicted molar refractivity (Wildman–Crippen MR) is 128 cm³/mol. The first-order valence-electron chi connectivity index (χ1n) is 10.5. The summed E-state index contributed by atoms with van der Waals surface area (Å²) in [7, 11) is -3.71. The van der Waals surface area contributed by atoms with Crippen LogP contribution in [0.5, 0.6) is 11.5 Å². The van der Waals surface area contributed by atoms with Gasteiger partial charge in [-0.1, -0.05) is 48.5 Å². The molecule has 3 N–H and O–H groups in total. The van der Waals surface area contributed by atoms with Gasteiger partial charge in [-0.15, -0.1) is 11.8 Å². The number of thioether (sulfide) groups is 1. The molecular weight excluding hydrogens is 459 g/mol. The van der Waals surface area contributed by atoms with E-state index < -0.39 is 7.82 Å². The highest BCUT2D eigenvalue weighted by atomic mass is 32.2. The number of carbonyl (C=O) groups is 1. The van der Waals surface area contributed by atoms with E-state index in [0.717, 1.165) is 27.3 Å². The van der Waals surface area contributed by atoms with Crippen LogP contribution in [0.15, 0.2) is 77.7 Å². The van der Waals surface area contributed by atoms with Crippen LogP contribution in [-0.4, -0.2) is 12.5 Å². The highest BCUT2D eigenvalue weighted by Gasteiger charge is 2.35. The summed E-state index contributed by atoms with van der Waals surface area (Å²) >= 11 is 1.72. The molecular formula is C24H25N2O5PS. The minimum absolute atomic E-state index is 0.180. The van der Waals surface area contributed by atoms with Crippen molar-refractivity contribution in [3.63, 3.8) is 0 Å². The molecule has 0 spiro atoms. The van der Waals surface area contributed by atoms with Crippen LogP contribution >= 0.6 is 19.6 Å². The highest BCUT2D eigenvalue weighted by molar-refractivity contribution is 7.98. The average Bonchev–Trinajstić information content (AvgIpc) is 2.81. The molecule has 4 rings (SSSR count). The van der Waals surface area contributed by atoms with Crippen LogP contribution in [0, 0.1) is 0 Å². The first-order valence-corrected chi connectivity index (χ1v) is 13.0. The molecule has 0 fully saturated rings. The molecule has 172 valence electrons. The summed E-state index contributed by atoms with van der Waals surface area (Å²) in [6.45, 7) is 1.40. The lowest BCUT2D eigenvalue weighted by Crippen LogP contribution is -2.21. The van der Waals surface area contributed by atoms with Gasteiger partial charge in [0.15, 0.2) is 0 Å². The highest BCUT2D eigenvalue weighted by Crippen LogP contribution is 2.54. The Labute approximate surface area is 197 Å². The Hall–Kier alpha value is -2.77. The molecule has 1 amide bonds. The van der Waals surface area contributed by atoms with E-state index in [1.165, 1.54) is 0 Å². The molecule has 1 heterocycles. The van der Waals surface area contributed by atoms with Crippen LogP contribution in [0.4, 0.5) is 0 Å². The van der Waals surface area contributed by atoms with E-state index >= 15 is 0 Å². The van der Waals surface area contributed by atoms with Crippen LogP contribution in [0.1, 0.15) is 23.1 Å². The molecule has 0 saturated carbocycles. The standard InChI is InChI=1S/C24H25N2O5PS/c25-24(27)13-14-26-15-19-5-2-4-8-23(19)33-17-18-9-11-21(12-10-18)30-32(28)29-16-20-6-1-3-7-22(20)31-32/h1-12,26H,13-17H2,(H2,25,27). The van der Waals surface area contributed by atoms with Gasteiger partial charge in [0.2, 0.25) is 5.91 Å². The monoisotopic (exact) mass is 484 g/mol. The first-order chi connectivity index (χ1) is 16.0. The molecule has 0 radical (unpaired) electrons. The zero-order valence-corrected chi connectivity index (χ0v) is 19.6. The zero-order chi connectivity index (χ0) is 23.1. The van der Waals surface area contributed by atoms with Crippen LogP contribution in [-0.2, 0) is 32.8 Å². The Morgan fingerprint density at radius 2 is 1.82 bits per heavy atom. The molecule has 1 aliphatic rings. The average molecular weight is 485 g/mol. The van der Waals surface area contributed by atoms with Gasteiger partial charge in [0.25, 0.3) is 0 Å². The Bertz CT molecular complexity index is 1160. The smallest absolute Gasteiger partial charge is 0.395 e. The zero-order valence-electron chi connectivity index (χ0n) is 17.9. The van der Waals surface area contributed by atoms with Gasteiger partial charge < -0.3 is 20.1 Å². The van der Waals surface area contributed by atoms with Crippen molar-refractivity contribution >= 4 is 25.5 Å². The molecule has 7 nitrogen and oxygen atoms in total. The van der Waals surface area contributed by atoms with Gasteiger partial charge in [-0.2, -0.15) is 0 Å². The number of phosphoric acid groups is 1. The molecule has 9 heteroatoms. The SMILES string of the molecule is NC(=O)CCNCc1ccccc1SCc1ccc(OP2(=O)OCc3ccccc3O2)cc1. The summed E-state index contributed by atoms with van der Waals surface area (Å²) in [4.78, 5) is 12.0. The molecule has 0 saturated heterocycles. The number of rotatable bonds is 10. The topological polar surface area (TPSA) is 99.9 Å². The van der Waals surface area contributed by atoms with Crippen molar-refractivity contribution < 1.29 is 22.9 Å². The number of hydrogen-bond acceptors (Lipinski definition) is 7. The molecule has 0 bridgehead atoms. The maximum Gasteiger partial charge on any atom is 0.587 e. The Morgan fingerprint density at radius 1 is 1.06 bits per heavy atom. The van der Waals surface area contributed by atoms with E-state index in [1.807, 2.05) is 42.5 Å². The largest absolute Gasteiger partial charge is 0.587 e. The van der Waals surface area contributed by atoms with Gasteiger partial charge in [-0.25, -0.2) is 4.57 Å². The number of phosphoric ester groups is 1. The minimum atomic E-state index is -3.71. The third-order valence-electron chi connectivity index (χ3n) is 4.93. The number of primary amides is 1. The Kier molecular flexibility index (Phi) is 7.73. The quantitative estimate of drug-likeness (QED) is 0.236. The number of para-hydroxylation sites is 1. The first kappa shape index (κ1) is 23.4. The van der Waals surface area contributed by atoms with Gasteiger partial charge in [0.05, 0.1) is 6.61 Å². The van der Waals surface area contributed by atoms with Crippen molar-refractivity contribution in [1.82, 2.24) is 5.32 Å². The van der Waals surface area contributed by atoms with Crippen molar-refractivity contribution in [3.05, 3.63) is 89.5 Å². The summed E-state index contributed by atoms with van der Waals surface area (Å²) < 4.78 is 29.3. The van der Waals surface area contributed by atoms with E-state index in [4.69, 9.17) is 19.3 Å². The molecule has 3 aromatic carbocycles. The second-order valence-corrected chi connectivity index (χ2v) is 9.98. The summed E-state index contributed by atoms with van der Waals surface area (Å²) in [6, 6.07) is 22.8. The number of carbonyl (C=O) groups excluding carboxylic acids is 1. The van der Waals surface area contributed by atoms with Gasteiger partial charge in [0.1, 0.15) is 11.5 Å². The Morgan fingerprint density at radius 3 is 2.64 bits per heavy atom. The number of benzene rings is 3. The number of amides is 1. The van der Waals surface area contributed by atoms with Gasteiger partial charge >= 0.3 is 7.82 Å². The maximum absolute atomic E-state index is 12.8. The molecule has 1 atom stereocenters. The second kappa shape index (κ2) is 10.9. The molecule has 0 aliphatic carbocycles. The fourth-order valence-electron chi connectivity index (χ4n) is 3.21. The predicted octanol–water partition coefficient (Wildman–Crippen LogP) is 5.04. The van der Waals surface area contributed by atoms with Crippen molar-refractivity contribution in [1.29, 1.82) is 0 Å². The van der Waals surface area contributed by atoms with E-state index in [2.05, 4.69) is 17.4 Å². The third-order valence-corrected chi connectivity index (χ3v) is 7.42. The fourth-order valence-corrected chi connectivity index (χ4v) is 5.47. The van der Waals surface area contributed by atoms with Crippen molar-refractivity contribution in [2.75, 3.05) is 6.54 Å².